The average molecular weight is 461 g/mol. The van der Waals surface area contributed by atoms with Gasteiger partial charge in [0, 0.05) is 56.0 Å². The van der Waals surface area contributed by atoms with Gasteiger partial charge in [0.1, 0.15) is 17.2 Å². The van der Waals surface area contributed by atoms with Crippen LogP contribution in [-0.4, -0.2) is 47.0 Å². The van der Waals surface area contributed by atoms with E-state index in [1.807, 2.05) is 48.2 Å². The van der Waals surface area contributed by atoms with Crippen LogP contribution < -0.4 is 10.1 Å². The Kier molecular flexibility index (Phi) is 5.27. The first-order valence-corrected chi connectivity index (χ1v) is 12.4. The van der Waals surface area contributed by atoms with E-state index in [1.165, 1.54) is 12.8 Å². The van der Waals surface area contributed by atoms with Crippen molar-refractivity contribution < 1.29 is 4.74 Å². The van der Waals surface area contributed by atoms with Gasteiger partial charge in [-0.15, -0.1) is 0 Å². The van der Waals surface area contributed by atoms with E-state index in [4.69, 9.17) is 9.84 Å². The van der Waals surface area contributed by atoms with Crippen molar-refractivity contribution in [3.05, 3.63) is 36.5 Å². The van der Waals surface area contributed by atoms with Crippen LogP contribution in [0.15, 0.2) is 30.9 Å². The molecular weight excluding hydrogens is 428 g/mol. The second-order valence-electron chi connectivity index (χ2n) is 9.69. The van der Waals surface area contributed by atoms with Gasteiger partial charge in [0.05, 0.1) is 30.1 Å². The SMILES string of the molecule is CCNc1cc2c(cn1)c(-c1cnn(C)c1)nn2[C@H]1CC[C@@H](Oc2cn(C)nc2C2CC2)CC1. The van der Waals surface area contributed by atoms with Crippen LogP contribution >= 0.6 is 0 Å². The van der Waals surface area contributed by atoms with Gasteiger partial charge in [0.15, 0.2) is 5.75 Å². The number of nitrogens with one attached hydrogen (secondary N) is 1. The van der Waals surface area contributed by atoms with Gasteiger partial charge in [-0.1, -0.05) is 0 Å². The van der Waals surface area contributed by atoms with E-state index in [0.29, 0.717) is 12.0 Å². The molecule has 6 rings (SSSR count). The minimum atomic E-state index is 0.233. The zero-order valence-corrected chi connectivity index (χ0v) is 20.1. The van der Waals surface area contributed by atoms with Gasteiger partial charge in [-0.25, -0.2) is 4.98 Å². The highest BCUT2D eigenvalue weighted by molar-refractivity contribution is 5.93. The summed E-state index contributed by atoms with van der Waals surface area (Å²) in [6.07, 6.45) is 14.7. The average Bonchev–Trinajstić information content (AvgIpc) is 3.32. The largest absolute Gasteiger partial charge is 0.487 e. The fourth-order valence-electron chi connectivity index (χ4n) is 5.15. The number of anilines is 1. The Bertz CT molecular complexity index is 1310. The molecule has 0 atom stereocenters. The van der Waals surface area contributed by atoms with Crippen molar-refractivity contribution in [3.8, 4) is 17.0 Å². The van der Waals surface area contributed by atoms with Crippen LogP contribution in [0.3, 0.4) is 0 Å². The molecule has 4 aromatic heterocycles. The first-order valence-electron chi connectivity index (χ1n) is 12.4. The molecule has 0 aliphatic heterocycles. The molecule has 0 saturated heterocycles. The lowest BCUT2D eigenvalue weighted by molar-refractivity contribution is 0.130. The Morgan fingerprint density at radius 1 is 1.00 bits per heavy atom. The Morgan fingerprint density at radius 2 is 1.82 bits per heavy atom. The molecule has 0 unspecified atom stereocenters. The molecular formula is C25H32N8O. The number of hydrogen-bond donors (Lipinski definition) is 1. The molecule has 4 heterocycles. The van der Waals surface area contributed by atoms with Crippen molar-refractivity contribution >= 4 is 16.7 Å². The van der Waals surface area contributed by atoms with Gasteiger partial charge in [0.2, 0.25) is 0 Å². The molecule has 2 fully saturated rings. The van der Waals surface area contributed by atoms with Crippen LogP contribution in [0.25, 0.3) is 22.2 Å². The van der Waals surface area contributed by atoms with E-state index in [-0.39, 0.29) is 6.10 Å². The highest BCUT2D eigenvalue weighted by atomic mass is 16.5. The number of ether oxygens (including phenoxy) is 1. The van der Waals surface area contributed by atoms with Gasteiger partial charge in [0.25, 0.3) is 0 Å². The molecule has 1 N–H and O–H groups in total. The number of aromatic nitrogens is 7. The Morgan fingerprint density at radius 3 is 2.53 bits per heavy atom. The summed E-state index contributed by atoms with van der Waals surface area (Å²) < 4.78 is 12.4. The first kappa shape index (κ1) is 21.2. The molecule has 2 aliphatic carbocycles. The van der Waals surface area contributed by atoms with Crippen molar-refractivity contribution in [1.29, 1.82) is 0 Å². The van der Waals surface area contributed by atoms with Gasteiger partial charge in [-0.3, -0.25) is 14.0 Å². The quantitative estimate of drug-likeness (QED) is 0.439. The summed E-state index contributed by atoms with van der Waals surface area (Å²) in [5.41, 5.74) is 4.23. The first-order chi connectivity index (χ1) is 16.6. The van der Waals surface area contributed by atoms with E-state index in [0.717, 1.165) is 71.6 Å². The lowest BCUT2D eigenvalue weighted by Crippen LogP contribution is -2.26. The normalized spacial score (nSPS) is 20.7. The monoisotopic (exact) mass is 460 g/mol. The molecule has 9 heteroatoms. The van der Waals surface area contributed by atoms with Crippen LogP contribution in [0.4, 0.5) is 5.82 Å². The van der Waals surface area contributed by atoms with Gasteiger partial charge in [-0.05, 0) is 45.4 Å². The maximum absolute atomic E-state index is 6.46. The maximum atomic E-state index is 6.46. The molecule has 0 amide bonds. The third-order valence-corrected chi connectivity index (χ3v) is 7.00. The number of nitrogens with zero attached hydrogens (tertiary/aromatic N) is 7. The molecule has 0 spiro atoms. The molecule has 4 aromatic rings. The van der Waals surface area contributed by atoms with Crippen LogP contribution in [-0.2, 0) is 14.1 Å². The van der Waals surface area contributed by atoms with E-state index >= 15 is 0 Å². The predicted octanol–water partition coefficient (Wildman–Crippen LogP) is 4.44. The zero-order chi connectivity index (χ0) is 23.2. The van der Waals surface area contributed by atoms with E-state index in [1.54, 1.807) is 0 Å². The minimum absolute atomic E-state index is 0.233. The van der Waals surface area contributed by atoms with Gasteiger partial charge < -0.3 is 10.1 Å². The number of fused-ring (bicyclic) bond motifs is 1. The lowest BCUT2D eigenvalue weighted by atomic mass is 9.93. The van der Waals surface area contributed by atoms with Gasteiger partial charge in [-0.2, -0.15) is 15.3 Å². The third kappa shape index (κ3) is 3.93. The summed E-state index contributed by atoms with van der Waals surface area (Å²) in [6, 6.07) is 2.47. The van der Waals surface area contributed by atoms with Crippen LogP contribution in [0.1, 0.15) is 63.1 Å². The molecule has 9 nitrogen and oxygen atoms in total. The van der Waals surface area contributed by atoms with Crippen LogP contribution in [0, 0.1) is 0 Å². The molecule has 2 aliphatic rings. The van der Waals surface area contributed by atoms with Crippen LogP contribution in [0.2, 0.25) is 0 Å². The number of aryl methyl sites for hydroxylation is 2. The molecule has 0 bridgehead atoms. The standard InChI is InChI=1S/C25H32N8O/c1-4-26-23-11-21-20(13-27-23)24(17-12-28-31(2)14-17)30-33(21)18-7-9-19(10-8-18)34-22-15-32(3)29-25(22)16-5-6-16/h11-16,18-19H,4-10H2,1-3H3,(H,26,27)/t18-,19+. The summed E-state index contributed by atoms with van der Waals surface area (Å²) in [4.78, 5) is 4.62. The smallest absolute Gasteiger partial charge is 0.161 e. The van der Waals surface area contributed by atoms with Crippen molar-refractivity contribution in [3.63, 3.8) is 0 Å². The Hall–Kier alpha value is -3.36. The van der Waals surface area contributed by atoms with Crippen molar-refractivity contribution in [2.24, 2.45) is 14.1 Å². The summed E-state index contributed by atoms with van der Waals surface area (Å²) in [6.45, 7) is 2.92. The van der Waals surface area contributed by atoms with Crippen LogP contribution in [0.5, 0.6) is 5.75 Å². The van der Waals surface area contributed by atoms with Crippen molar-refractivity contribution in [2.45, 2.75) is 63.5 Å². The fourth-order valence-corrected chi connectivity index (χ4v) is 5.15. The van der Waals surface area contributed by atoms with Gasteiger partial charge >= 0.3 is 0 Å². The topological polar surface area (TPSA) is 87.6 Å². The predicted molar refractivity (Wildman–Crippen MR) is 131 cm³/mol. The summed E-state index contributed by atoms with van der Waals surface area (Å²) in [5, 5.41) is 18.5. The summed E-state index contributed by atoms with van der Waals surface area (Å²) in [7, 11) is 3.91. The van der Waals surface area contributed by atoms with Crippen molar-refractivity contribution in [2.75, 3.05) is 11.9 Å². The third-order valence-electron chi connectivity index (χ3n) is 7.00. The lowest BCUT2D eigenvalue weighted by Gasteiger charge is -2.29. The second kappa shape index (κ2) is 8.45. The highest BCUT2D eigenvalue weighted by Gasteiger charge is 2.32. The zero-order valence-electron chi connectivity index (χ0n) is 20.1. The molecule has 0 aromatic carbocycles. The summed E-state index contributed by atoms with van der Waals surface area (Å²) in [5.74, 6) is 2.46. The van der Waals surface area contributed by atoms with Crippen molar-refractivity contribution in [1.82, 2.24) is 34.3 Å². The highest BCUT2D eigenvalue weighted by Crippen LogP contribution is 2.44. The molecule has 0 radical (unpaired) electrons. The Labute approximate surface area is 199 Å². The van der Waals surface area contributed by atoms with E-state index in [9.17, 15) is 0 Å². The van der Waals surface area contributed by atoms with E-state index in [2.05, 4.69) is 38.2 Å². The number of hydrogen-bond acceptors (Lipinski definition) is 6. The minimum Gasteiger partial charge on any atom is -0.487 e. The fraction of sp³-hybridized carbons (Fsp3) is 0.520. The number of pyridine rings is 1. The number of rotatable bonds is 7. The summed E-state index contributed by atoms with van der Waals surface area (Å²) >= 11 is 0. The molecule has 178 valence electrons. The van der Waals surface area contributed by atoms with E-state index < -0.39 is 0 Å². The second-order valence-corrected chi connectivity index (χ2v) is 9.69. The molecule has 2 saturated carbocycles. The molecule has 34 heavy (non-hydrogen) atoms. The maximum Gasteiger partial charge on any atom is 0.161 e. The Balaban J connectivity index is 1.25.